The van der Waals surface area contributed by atoms with Crippen molar-refractivity contribution >= 4 is 27.2 Å². The van der Waals surface area contributed by atoms with Crippen molar-refractivity contribution in [2.45, 2.75) is 23.9 Å². The van der Waals surface area contributed by atoms with Crippen LogP contribution in [-0.4, -0.2) is 33.5 Å². The molecule has 8 heteroatoms. The number of sulfone groups is 1. The third kappa shape index (κ3) is 4.01. The minimum Gasteiger partial charge on any atom is -0.464 e. The van der Waals surface area contributed by atoms with Gasteiger partial charge in [-0.2, -0.15) is 5.10 Å². The van der Waals surface area contributed by atoms with Gasteiger partial charge in [0.05, 0.1) is 23.7 Å². The first-order valence-electron chi connectivity index (χ1n) is 8.37. The van der Waals surface area contributed by atoms with Crippen LogP contribution in [0.2, 0.25) is 0 Å². The van der Waals surface area contributed by atoms with Crippen LogP contribution in [0.25, 0.3) is 0 Å². The summed E-state index contributed by atoms with van der Waals surface area (Å²) in [4.78, 5) is 12.2. The first-order chi connectivity index (χ1) is 12.8. The summed E-state index contributed by atoms with van der Waals surface area (Å²) >= 11 is 0. The fourth-order valence-electron chi connectivity index (χ4n) is 2.97. The molecule has 1 atom stereocenters. The average molecular weight is 387 g/mol. The fourth-order valence-corrected chi connectivity index (χ4v) is 3.60. The molecule has 2 aromatic rings. The molecule has 1 unspecified atom stereocenters. The highest BCUT2D eigenvalue weighted by Crippen LogP contribution is 2.36. The Labute approximate surface area is 158 Å². The Morgan fingerprint density at radius 2 is 1.81 bits per heavy atom. The summed E-state index contributed by atoms with van der Waals surface area (Å²) in [6, 6.07) is 14.0. The van der Waals surface area contributed by atoms with Crippen LogP contribution >= 0.6 is 0 Å². The monoisotopic (exact) mass is 387 g/mol. The van der Waals surface area contributed by atoms with Crippen LogP contribution in [0.3, 0.4) is 0 Å². The van der Waals surface area contributed by atoms with E-state index in [0.29, 0.717) is 24.4 Å². The molecule has 0 spiro atoms. The third-order valence-electron chi connectivity index (χ3n) is 4.46. The number of carbonyl (C=O) groups is 1. The number of ether oxygens (including phenoxy) is 1. The number of methoxy groups -OCH3 is 1. The molecule has 0 saturated heterocycles. The first kappa shape index (κ1) is 19.1. The molecule has 0 saturated carbocycles. The molecule has 1 heterocycles. The Kier molecular flexibility index (Phi) is 5.29. The summed E-state index contributed by atoms with van der Waals surface area (Å²) in [6.07, 6.45) is 1.55. The quantitative estimate of drug-likeness (QED) is 0.788. The summed E-state index contributed by atoms with van der Waals surface area (Å²) in [5.41, 5.74) is 8.65. The molecular weight excluding hydrogens is 366 g/mol. The number of nitrogens with zero attached hydrogens (tertiary/aromatic N) is 2. The molecule has 142 valence electrons. The number of carbonyl (C=O) groups excluding carboxylic acids is 1. The predicted octanol–water partition coefficient (Wildman–Crippen LogP) is 2.03. The van der Waals surface area contributed by atoms with E-state index < -0.39 is 15.8 Å². The van der Waals surface area contributed by atoms with Crippen molar-refractivity contribution in [2.75, 3.05) is 18.4 Å². The van der Waals surface area contributed by atoms with Crippen molar-refractivity contribution in [2.24, 2.45) is 10.8 Å². The van der Waals surface area contributed by atoms with Gasteiger partial charge in [0.1, 0.15) is 5.71 Å². The van der Waals surface area contributed by atoms with Gasteiger partial charge in [-0.05, 0) is 35.4 Å². The molecule has 2 aromatic carbocycles. The zero-order chi connectivity index (χ0) is 19.6. The number of hydrogen-bond donors (Lipinski definition) is 1. The normalized spacial score (nSPS) is 16.9. The molecule has 1 aliphatic heterocycles. The van der Waals surface area contributed by atoms with E-state index in [1.807, 2.05) is 24.3 Å². The van der Waals surface area contributed by atoms with Crippen molar-refractivity contribution in [1.29, 1.82) is 0 Å². The van der Waals surface area contributed by atoms with Crippen LogP contribution in [0.5, 0.6) is 0 Å². The summed E-state index contributed by atoms with van der Waals surface area (Å²) in [5.74, 6) is -0.478. The van der Waals surface area contributed by atoms with Crippen LogP contribution in [-0.2, 0) is 25.9 Å². The summed E-state index contributed by atoms with van der Waals surface area (Å²) in [6.45, 7) is 0.450. The number of hydrogen-bond acceptors (Lipinski definition) is 7. The molecule has 0 aromatic heterocycles. The zero-order valence-electron chi connectivity index (χ0n) is 15.1. The van der Waals surface area contributed by atoms with Gasteiger partial charge < -0.3 is 10.5 Å². The Bertz CT molecular complexity index is 967. The number of rotatable bonds is 5. The van der Waals surface area contributed by atoms with Crippen LogP contribution in [0.1, 0.15) is 23.6 Å². The Hall–Kier alpha value is -2.71. The molecule has 2 N–H and O–H groups in total. The molecule has 0 amide bonds. The van der Waals surface area contributed by atoms with Gasteiger partial charge in [0.15, 0.2) is 9.84 Å². The largest absolute Gasteiger partial charge is 0.464 e. The molecular formula is C19H21N3O4S. The van der Waals surface area contributed by atoms with E-state index in [-0.39, 0.29) is 10.9 Å². The van der Waals surface area contributed by atoms with Crippen molar-refractivity contribution in [1.82, 2.24) is 0 Å². The standard InChI is InChI=1S/C19H21N3O4S/c1-26-19(23)17-11-18(14-5-3-13(12-20)4-6-14)22(21-17)15-7-9-16(10-8-15)27(2,24)25/h3-10,18H,11-12,20H2,1-2H3. The maximum Gasteiger partial charge on any atom is 0.354 e. The summed E-state index contributed by atoms with van der Waals surface area (Å²) in [7, 11) is -1.97. The highest BCUT2D eigenvalue weighted by atomic mass is 32.2. The zero-order valence-corrected chi connectivity index (χ0v) is 15.9. The topological polar surface area (TPSA) is 102 Å². The predicted molar refractivity (Wildman–Crippen MR) is 103 cm³/mol. The van der Waals surface area contributed by atoms with Crippen LogP contribution < -0.4 is 10.7 Å². The lowest BCUT2D eigenvalue weighted by Crippen LogP contribution is -2.19. The number of anilines is 1. The highest BCUT2D eigenvalue weighted by molar-refractivity contribution is 7.90. The van der Waals surface area contributed by atoms with Gasteiger partial charge in [0, 0.05) is 19.2 Å². The van der Waals surface area contributed by atoms with Crippen molar-refractivity contribution in [3.63, 3.8) is 0 Å². The molecule has 3 rings (SSSR count). The number of benzene rings is 2. The summed E-state index contributed by atoms with van der Waals surface area (Å²) in [5, 5.41) is 6.14. The maximum absolute atomic E-state index is 12.0. The van der Waals surface area contributed by atoms with Gasteiger partial charge in [0.25, 0.3) is 0 Å². The van der Waals surface area contributed by atoms with E-state index in [0.717, 1.165) is 17.4 Å². The smallest absolute Gasteiger partial charge is 0.354 e. The number of esters is 1. The van der Waals surface area contributed by atoms with Crippen molar-refractivity contribution < 1.29 is 17.9 Å². The van der Waals surface area contributed by atoms with Crippen molar-refractivity contribution in [3.8, 4) is 0 Å². The SMILES string of the molecule is COC(=O)C1=NN(c2ccc(S(C)(=O)=O)cc2)C(c2ccc(CN)cc2)C1. The average Bonchev–Trinajstić information content (AvgIpc) is 3.12. The van der Waals surface area contributed by atoms with Gasteiger partial charge in [-0.25, -0.2) is 13.2 Å². The van der Waals surface area contributed by atoms with E-state index in [1.165, 1.54) is 19.2 Å². The first-order valence-corrected chi connectivity index (χ1v) is 10.3. The lowest BCUT2D eigenvalue weighted by Gasteiger charge is -2.24. The molecule has 27 heavy (non-hydrogen) atoms. The Morgan fingerprint density at radius 3 is 2.33 bits per heavy atom. The van der Waals surface area contributed by atoms with Gasteiger partial charge in [0.2, 0.25) is 0 Å². The van der Waals surface area contributed by atoms with Crippen LogP contribution in [0.15, 0.2) is 58.5 Å². The van der Waals surface area contributed by atoms with Crippen molar-refractivity contribution in [3.05, 3.63) is 59.7 Å². The van der Waals surface area contributed by atoms with Gasteiger partial charge in [-0.1, -0.05) is 24.3 Å². The molecule has 1 aliphatic rings. The van der Waals surface area contributed by atoms with E-state index in [1.54, 1.807) is 17.1 Å². The molecule has 0 radical (unpaired) electrons. The van der Waals surface area contributed by atoms with Gasteiger partial charge >= 0.3 is 5.97 Å². The molecule has 0 bridgehead atoms. The van der Waals surface area contributed by atoms with Gasteiger partial charge in [-0.3, -0.25) is 5.01 Å². The highest BCUT2D eigenvalue weighted by Gasteiger charge is 2.33. The second-order valence-corrected chi connectivity index (χ2v) is 8.33. The second-order valence-electron chi connectivity index (χ2n) is 6.31. The number of hydrazone groups is 1. The number of nitrogens with two attached hydrogens (primary N) is 1. The lowest BCUT2D eigenvalue weighted by atomic mass is 10.00. The molecule has 0 aliphatic carbocycles. The third-order valence-corrected chi connectivity index (χ3v) is 5.59. The van der Waals surface area contributed by atoms with E-state index in [4.69, 9.17) is 10.5 Å². The lowest BCUT2D eigenvalue weighted by molar-refractivity contribution is -0.132. The minimum absolute atomic E-state index is 0.199. The Morgan fingerprint density at radius 1 is 1.19 bits per heavy atom. The van der Waals surface area contributed by atoms with Gasteiger partial charge in [-0.15, -0.1) is 0 Å². The Balaban J connectivity index is 1.98. The minimum atomic E-state index is -3.28. The summed E-state index contributed by atoms with van der Waals surface area (Å²) < 4.78 is 28.2. The second kappa shape index (κ2) is 7.50. The van der Waals surface area contributed by atoms with E-state index in [9.17, 15) is 13.2 Å². The molecule has 0 fully saturated rings. The fraction of sp³-hybridized carbons (Fsp3) is 0.263. The van der Waals surface area contributed by atoms with E-state index >= 15 is 0 Å². The maximum atomic E-state index is 12.0. The molecule has 7 nitrogen and oxygen atoms in total. The van der Waals surface area contributed by atoms with E-state index in [2.05, 4.69) is 5.10 Å². The van der Waals surface area contributed by atoms with Crippen LogP contribution in [0.4, 0.5) is 5.69 Å². The van der Waals surface area contributed by atoms with Crippen LogP contribution in [0, 0.1) is 0 Å².